The van der Waals surface area contributed by atoms with E-state index in [0.717, 1.165) is 75.3 Å². The number of hydrogen-bond donors (Lipinski definition) is 0. The van der Waals surface area contributed by atoms with E-state index in [4.69, 9.17) is 4.74 Å². The Labute approximate surface area is 180 Å². The van der Waals surface area contributed by atoms with Crippen molar-refractivity contribution in [3.8, 4) is 5.75 Å². The number of carbonyl (C=O) groups excluding carboxylic acids is 1. The lowest BCUT2D eigenvalue weighted by Gasteiger charge is -2.35. The quantitative estimate of drug-likeness (QED) is 0.706. The summed E-state index contributed by atoms with van der Waals surface area (Å²) in [4.78, 5) is 21.9. The van der Waals surface area contributed by atoms with Crippen LogP contribution in [0.4, 0.5) is 0 Å². The Morgan fingerprint density at radius 3 is 2.53 bits per heavy atom. The average Bonchev–Trinajstić information content (AvgIpc) is 2.81. The maximum atomic E-state index is 12.9. The molecule has 160 valence electrons. The molecule has 1 atom stereocenters. The van der Waals surface area contributed by atoms with E-state index in [-0.39, 0.29) is 12.0 Å². The van der Waals surface area contributed by atoms with E-state index in [9.17, 15) is 4.79 Å². The number of carbonyl (C=O) groups is 1. The van der Waals surface area contributed by atoms with Crippen molar-refractivity contribution >= 4 is 5.91 Å². The summed E-state index contributed by atoms with van der Waals surface area (Å²) in [5, 5.41) is 0. The van der Waals surface area contributed by atoms with E-state index >= 15 is 0 Å². The highest BCUT2D eigenvalue weighted by Crippen LogP contribution is 2.24. The molecule has 5 nitrogen and oxygen atoms in total. The zero-order valence-electron chi connectivity index (χ0n) is 18.0. The minimum absolute atomic E-state index is 0.163. The second kappa shape index (κ2) is 10.1. The molecule has 1 amide bonds. The van der Waals surface area contributed by atoms with Gasteiger partial charge in [0, 0.05) is 44.0 Å². The van der Waals surface area contributed by atoms with E-state index in [2.05, 4.69) is 27.8 Å². The molecular weight excluding hydrogens is 374 g/mol. The summed E-state index contributed by atoms with van der Waals surface area (Å²) in [6, 6.07) is 14.2. The molecule has 5 heteroatoms. The zero-order valence-corrected chi connectivity index (χ0v) is 18.0. The molecule has 0 saturated carbocycles. The van der Waals surface area contributed by atoms with Crippen LogP contribution in [0.15, 0.2) is 48.7 Å². The van der Waals surface area contributed by atoms with E-state index in [1.165, 1.54) is 6.42 Å². The van der Waals surface area contributed by atoms with E-state index in [1.54, 1.807) is 0 Å². The summed E-state index contributed by atoms with van der Waals surface area (Å²) in [5.74, 6) is 1.02. The molecule has 1 aromatic heterocycles. The fraction of sp³-hybridized carbons (Fsp3) is 0.520. The van der Waals surface area contributed by atoms with Crippen LogP contribution in [0.3, 0.4) is 0 Å². The minimum Gasteiger partial charge on any atom is -0.490 e. The van der Waals surface area contributed by atoms with Crippen molar-refractivity contribution in [1.82, 2.24) is 14.8 Å². The van der Waals surface area contributed by atoms with Gasteiger partial charge in [-0.05, 0) is 74.9 Å². The molecule has 0 unspecified atom stereocenters. The lowest BCUT2D eigenvalue weighted by Crippen LogP contribution is -2.43. The normalized spacial score (nSPS) is 20.8. The number of amides is 1. The van der Waals surface area contributed by atoms with E-state index < -0.39 is 0 Å². The second-order valence-corrected chi connectivity index (χ2v) is 8.50. The summed E-state index contributed by atoms with van der Waals surface area (Å²) >= 11 is 0. The van der Waals surface area contributed by atoms with Gasteiger partial charge < -0.3 is 9.64 Å². The second-order valence-electron chi connectivity index (χ2n) is 8.50. The average molecular weight is 408 g/mol. The van der Waals surface area contributed by atoms with Crippen LogP contribution < -0.4 is 4.74 Å². The Kier molecular flexibility index (Phi) is 7.00. The van der Waals surface area contributed by atoms with Gasteiger partial charge in [-0.25, -0.2) is 0 Å². The number of likely N-dealkylation sites (tertiary alicyclic amines) is 2. The number of pyridine rings is 1. The molecule has 2 fully saturated rings. The first kappa shape index (κ1) is 20.9. The lowest BCUT2D eigenvalue weighted by atomic mass is 9.99. The maximum absolute atomic E-state index is 12.9. The molecule has 0 N–H and O–H groups in total. The molecule has 2 saturated heterocycles. The van der Waals surface area contributed by atoms with Crippen LogP contribution in [0, 0.1) is 0 Å². The lowest BCUT2D eigenvalue weighted by molar-refractivity contribution is 0.0608. The van der Waals surface area contributed by atoms with Crippen LogP contribution in [-0.2, 0) is 6.54 Å². The molecule has 0 aliphatic carbocycles. The summed E-state index contributed by atoms with van der Waals surface area (Å²) in [7, 11) is 0. The van der Waals surface area contributed by atoms with Crippen molar-refractivity contribution < 1.29 is 9.53 Å². The predicted molar refractivity (Wildman–Crippen MR) is 119 cm³/mol. The highest BCUT2D eigenvalue weighted by atomic mass is 16.5. The summed E-state index contributed by atoms with van der Waals surface area (Å²) in [5.41, 5.74) is 1.89. The van der Waals surface area contributed by atoms with Crippen molar-refractivity contribution in [3.05, 3.63) is 59.9 Å². The molecule has 2 aliphatic heterocycles. The Balaban J connectivity index is 1.27. The first-order valence-electron chi connectivity index (χ1n) is 11.4. The number of ether oxygens (including phenoxy) is 1. The molecule has 0 radical (unpaired) electrons. The van der Waals surface area contributed by atoms with E-state index in [1.807, 2.05) is 42.6 Å². The van der Waals surface area contributed by atoms with Crippen molar-refractivity contribution in [3.63, 3.8) is 0 Å². The van der Waals surface area contributed by atoms with Crippen molar-refractivity contribution in [2.75, 3.05) is 19.6 Å². The molecular formula is C25H33N3O2. The zero-order chi connectivity index (χ0) is 20.8. The Morgan fingerprint density at radius 1 is 1.03 bits per heavy atom. The molecule has 4 rings (SSSR count). The van der Waals surface area contributed by atoms with Crippen LogP contribution >= 0.6 is 0 Å². The topological polar surface area (TPSA) is 45.7 Å². The first-order valence-corrected chi connectivity index (χ1v) is 11.4. The SMILES string of the molecule is CC[C@@H]1CCCCN1C(=O)c1ccc(OC2CCN(Cc3ccccn3)CC2)cc1. The van der Waals surface area contributed by atoms with Gasteiger partial charge in [0.15, 0.2) is 0 Å². The van der Waals surface area contributed by atoms with Gasteiger partial charge in [-0.15, -0.1) is 0 Å². The van der Waals surface area contributed by atoms with Crippen molar-refractivity contribution in [1.29, 1.82) is 0 Å². The van der Waals surface area contributed by atoms with Crippen LogP contribution in [0.25, 0.3) is 0 Å². The van der Waals surface area contributed by atoms with Gasteiger partial charge >= 0.3 is 0 Å². The third-order valence-corrected chi connectivity index (χ3v) is 6.41. The third-order valence-electron chi connectivity index (χ3n) is 6.41. The molecule has 0 spiro atoms. The predicted octanol–water partition coefficient (Wildman–Crippen LogP) is 4.53. The molecule has 2 aliphatic rings. The van der Waals surface area contributed by atoms with Crippen LogP contribution in [-0.4, -0.2) is 52.5 Å². The molecule has 2 aromatic rings. The smallest absolute Gasteiger partial charge is 0.254 e. The third kappa shape index (κ3) is 5.20. The number of benzene rings is 1. The van der Waals surface area contributed by atoms with Gasteiger partial charge in [-0.3, -0.25) is 14.7 Å². The summed E-state index contributed by atoms with van der Waals surface area (Å²) in [6.45, 7) is 6.00. The summed E-state index contributed by atoms with van der Waals surface area (Å²) < 4.78 is 6.21. The van der Waals surface area contributed by atoms with Crippen molar-refractivity contribution in [2.24, 2.45) is 0 Å². The first-order chi connectivity index (χ1) is 14.7. The minimum atomic E-state index is 0.163. The van der Waals surface area contributed by atoms with Gasteiger partial charge in [-0.2, -0.15) is 0 Å². The molecule has 1 aromatic carbocycles. The largest absolute Gasteiger partial charge is 0.490 e. The molecule has 0 bridgehead atoms. The monoisotopic (exact) mass is 407 g/mol. The Morgan fingerprint density at radius 2 is 1.83 bits per heavy atom. The van der Waals surface area contributed by atoms with Crippen LogP contribution in [0.1, 0.15) is 61.5 Å². The van der Waals surface area contributed by atoms with Gasteiger partial charge in [0.05, 0.1) is 5.69 Å². The fourth-order valence-electron chi connectivity index (χ4n) is 4.63. The van der Waals surface area contributed by atoms with Gasteiger partial charge in [0.25, 0.3) is 5.91 Å². The highest BCUT2D eigenvalue weighted by Gasteiger charge is 2.26. The number of aromatic nitrogens is 1. The van der Waals surface area contributed by atoms with Crippen LogP contribution in [0.2, 0.25) is 0 Å². The van der Waals surface area contributed by atoms with Crippen LogP contribution in [0.5, 0.6) is 5.75 Å². The molecule has 3 heterocycles. The van der Waals surface area contributed by atoms with Gasteiger partial charge in [0.1, 0.15) is 11.9 Å². The summed E-state index contributed by atoms with van der Waals surface area (Å²) in [6.07, 6.45) is 8.62. The molecule has 30 heavy (non-hydrogen) atoms. The highest BCUT2D eigenvalue weighted by molar-refractivity contribution is 5.94. The number of rotatable bonds is 6. The Hall–Kier alpha value is -2.40. The number of piperidine rings is 2. The maximum Gasteiger partial charge on any atom is 0.254 e. The fourth-order valence-corrected chi connectivity index (χ4v) is 4.63. The Bertz CT molecular complexity index is 801. The van der Waals surface area contributed by atoms with E-state index in [0.29, 0.717) is 6.04 Å². The van der Waals surface area contributed by atoms with Crippen molar-refractivity contribution in [2.45, 2.75) is 64.1 Å². The van der Waals surface area contributed by atoms with Gasteiger partial charge in [0.2, 0.25) is 0 Å². The standard InChI is InChI=1S/C25H33N3O2/c1-2-22-8-4-6-16-28(22)25(29)20-9-11-23(12-10-20)30-24-13-17-27(18-14-24)19-21-7-3-5-15-26-21/h3,5,7,9-12,15,22,24H,2,4,6,8,13-14,16-19H2,1H3/t22-/m1/s1. The number of hydrogen-bond acceptors (Lipinski definition) is 4. The number of nitrogens with zero attached hydrogens (tertiary/aromatic N) is 3. The van der Waals surface area contributed by atoms with Gasteiger partial charge in [-0.1, -0.05) is 13.0 Å².